The predicted octanol–water partition coefficient (Wildman–Crippen LogP) is 7.07. The number of esters is 1. The summed E-state index contributed by atoms with van der Waals surface area (Å²) in [7, 11) is 1.35. The summed E-state index contributed by atoms with van der Waals surface area (Å²) < 4.78 is 27.3. The number of fused-ring (bicyclic) bond motifs is 1. The van der Waals surface area contributed by atoms with Gasteiger partial charge in [0.2, 0.25) is 0 Å². The maximum Gasteiger partial charge on any atom is 0.337 e. The lowest BCUT2D eigenvalue weighted by atomic mass is 9.84. The van der Waals surface area contributed by atoms with Crippen LogP contribution in [0.5, 0.6) is 5.75 Å². The van der Waals surface area contributed by atoms with E-state index in [0.29, 0.717) is 17.9 Å². The molecule has 6 heteroatoms. The van der Waals surface area contributed by atoms with Gasteiger partial charge in [0.1, 0.15) is 18.2 Å². The minimum absolute atomic E-state index is 0.127. The molecule has 39 heavy (non-hydrogen) atoms. The van der Waals surface area contributed by atoms with Crippen LogP contribution >= 0.6 is 0 Å². The lowest BCUT2D eigenvalue weighted by Gasteiger charge is -2.27. The molecule has 1 heterocycles. The maximum absolute atomic E-state index is 13.9. The molecule has 0 bridgehead atoms. The van der Waals surface area contributed by atoms with Crippen LogP contribution in [0.4, 0.5) is 4.39 Å². The number of carbonyl (C=O) groups excluding carboxylic acids is 1. The summed E-state index contributed by atoms with van der Waals surface area (Å²) in [5.41, 5.74) is 4.95. The van der Waals surface area contributed by atoms with Crippen molar-refractivity contribution in [2.75, 3.05) is 13.7 Å². The first-order valence-corrected chi connectivity index (χ1v) is 12.7. The number of ether oxygens (including phenoxy) is 2. The highest BCUT2D eigenvalue weighted by molar-refractivity contribution is 6.04. The van der Waals surface area contributed by atoms with E-state index in [2.05, 4.69) is 4.57 Å². The Labute approximate surface area is 227 Å². The molecular weight excluding hydrogens is 493 g/mol. The zero-order chi connectivity index (χ0) is 27.6. The predicted molar refractivity (Wildman–Crippen MR) is 151 cm³/mol. The van der Waals surface area contributed by atoms with Gasteiger partial charge in [-0.3, -0.25) is 0 Å². The summed E-state index contributed by atoms with van der Waals surface area (Å²) >= 11 is 0. The highest BCUT2D eigenvalue weighted by atomic mass is 19.1. The average Bonchev–Trinajstić information content (AvgIpc) is 3.33. The minimum Gasteiger partial charge on any atom is -0.488 e. The third-order valence-corrected chi connectivity index (χ3v) is 6.91. The number of nitrogens with zero attached hydrogens (tertiary/aromatic N) is 1. The Morgan fingerprint density at radius 1 is 0.897 bits per heavy atom. The average molecular weight is 524 g/mol. The summed E-state index contributed by atoms with van der Waals surface area (Å²) in [6, 6.07) is 29.3. The summed E-state index contributed by atoms with van der Waals surface area (Å²) in [6.07, 6.45) is 0. The van der Waals surface area contributed by atoms with Crippen LogP contribution in [0.2, 0.25) is 0 Å². The van der Waals surface area contributed by atoms with Gasteiger partial charge >= 0.3 is 5.97 Å². The standard InChI is InChI=1S/C33H30FNO4/c1-33(2,21-36)31-29(23-12-14-24(15-13-23)32(37)38-3)30-27(35(31)26-18-16-25(34)17-19-26)10-7-11-28(30)39-20-22-8-5-4-6-9-22/h4-19,36H,20-21H2,1-3H3. The van der Waals surface area contributed by atoms with Crippen LogP contribution in [0.15, 0.2) is 97.1 Å². The van der Waals surface area contributed by atoms with Gasteiger partial charge in [0.15, 0.2) is 0 Å². The summed E-state index contributed by atoms with van der Waals surface area (Å²) in [4.78, 5) is 12.1. The van der Waals surface area contributed by atoms with Crippen LogP contribution in [0, 0.1) is 5.82 Å². The highest BCUT2D eigenvalue weighted by Gasteiger charge is 2.32. The number of hydrogen-bond donors (Lipinski definition) is 1. The van der Waals surface area contributed by atoms with Crippen LogP contribution in [0.3, 0.4) is 0 Å². The molecule has 0 saturated heterocycles. The molecule has 0 aliphatic rings. The zero-order valence-electron chi connectivity index (χ0n) is 22.1. The van der Waals surface area contributed by atoms with Crippen molar-refractivity contribution in [3.8, 4) is 22.6 Å². The van der Waals surface area contributed by atoms with Crippen LogP contribution in [0.1, 0.15) is 35.5 Å². The normalized spacial score (nSPS) is 11.5. The summed E-state index contributed by atoms with van der Waals surface area (Å²) in [6.45, 7) is 4.19. The van der Waals surface area contributed by atoms with E-state index in [1.807, 2.05) is 74.5 Å². The van der Waals surface area contributed by atoms with Crippen molar-refractivity contribution in [1.29, 1.82) is 0 Å². The molecule has 0 radical (unpaired) electrons. The van der Waals surface area contributed by atoms with E-state index in [4.69, 9.17) is 9.47 Å². The third-order valence-electron chi connectivity index (χ3n) is 6.91. The van der Waals surface area contributed by atoms with E-state index in [-0.39, 0.29) is 12.4 Å². The number of halogens is 1. The first-order chi connectivity index (χ1) is 18.8. The molecule has 0 saturated carbocycles. The second-order valence-electron chi connectivity index (χ2n) is 10.1. The van der Waals surface area contributed by atoms with E-state index in [9.17, 15) is 14.3 Å². The smallest absolute Gasteiger partial charge is 0.337 e. The van der Waals surface area contributed by atoms with Crippen LogP contribution < -0.4 is 4.74 Å². The summed E-state index contributed by atoms with van der Waals surface area (Å²) in [5, 5.41) is 11.4. The Morgan fingerprint density at radius 2 is 1.59 bits per heavy atom. The molecular formula is C33H30FNO4. The topological polar surface area (TPSA) is 60.7 Å². The SMILES string of the molecule is COC(=O)c1ccc(-c2c(C(C)(C)CO)n(-c3ccc(F)cc3)c3cccc(OCc4ccccc4)c23)cc1. The highest BCUT2D eigenvalue weighted by Crippen LogP contribution is 2.46. The minimum atomic E-state index is -0.694. The Balaban J connectivity index is 1.81. The fraction of sp³-hybridized carbons (Fsp3) is 0.182. The number of hydrogen-bond acceptors (Lipinski definition) is 4. The molecule has 0 spiro atoms. The monoisotopic (exact) mass is 523 g/mol. The molecule has 5 rings (SSSR count). The van der Waals surface area contributed by atoms with Crippen molar-refractivity contribution >= 4 is 16.9 Å². The quantitative estimate of drug-likeness (QED) is 0.221. The number of aliphatic hydroxyl groups is 1. The zero-order valence-corrected chi connectivity index (χ0v) is 22.1. The van der Waals surface area contributed by atoms with Gasteiger partial charge in [0.25, 0.3) is 0 Å². The molecule has 1 N–H and O–H groups in total. The van der Waals surface area contributed by atoms with Crippen molar-refractivity contribution in [1.82, 2.24) is 4.57 Å². The number of carbonyl (C=O) groups is 1. The van der Waals surface area contributed by atoms with Gasteiger partial charge in [0.05, 0.1) is 30.2 Å². The molecule has 5 aromatic rings. The van der Waals surface area contributed by atoms with E-state index >= 15 is 0 Å². The third kappa shape index (κ3) is 5.03. The van der Waals surface area contributed by atoms with Crippen molar-refractivity contribution in [2.45, 2.75) is 25.9 Å². The van der Waals surface area contributed by atoms with Gasteiger partial charge < -0.3 is 19.1 Å². The Kier molecular flexibility index (Phi) is 7.22. The Morgan fingerprint density at radius 3 is 2.23 bits per heavy atom. The number of aliphatic hydroxyl groups excluding tert-OH is 1. The van der Waals surface area contributed by atoms with Gasteiger partial charge in [-0.05, 0) is 59.7 Å². The molecule has 0 amide bonds. The lowest BCUT2D eigenvalue weighted by Crippen LogP contribution is -2.26. The fourth-order valence-electron chi connectivity index (χ4n) is 4.91. The van der Waals surface area contributed by atoms with E-state index in [0.717, 1.165) is 39.0 Å². The second kappa shape index (κ2) is 10.8. The molecule has 0 aliphatic carbocycles. The molecule has 0 atom stereocenters. The van der Waals surface area contributed by atoms with Crippen LogP contribution in [-0.2, 0) is 16.8 Å². The van der Waals surface area contributed by atoms with Crippen LogP contribution in [-0.4, -0.2) is 29.4 Å². The Bertz CT molecular complexity index is 1600. The molecule has 0 aliphatic heterocycles. The Hall–Kier alpha value is -4.42. The maximum atomic E-state index is 13.9. The summed E-state index contributed by atoms with van der Waals surface area (Å²) in [5.74, 6) is -0.0685. The number of benzene rings is 4. The molecule has 0 unspecified atom stereocenters. The lowest BCUT2D eigenvalue weighted by molar-refractivity contribution is 0.0600. The van der Waals surface area contributed by atoms with Gasteiger partial charge in [-0.1, -0.05) is 62.4 Å². The van der Waals surface area contributed by atoms with Crippen molar-refractivity contribution < 1.29 is 23.8 Å². The molecule has 198 valence electrons. The second-order valence-corrected chi connectivity index (χ2v) is 10.1. The van der Waals surface area contributed by atoms with Crippen molar-refractivity contribution in [3.63, 3.8) is 0 Å². The van der Waals surface area contributed by atoms with Gasteiger partial charge in [-0.2, -0.15) is 0 Å². The van der Waals surface area contributed by atoms with Gasteiger partial charge in [-0.25, -0.2) is 9.18 Å². The van der Waals surface area contributed by atoms with E-state index < -0.39 is 11.4 Å². The van der Waals surface area contributed by atoms with Crippen molar-refractivity contribution in [2.24, 2.45) is 0 Å². The first-order valence-electron chi connectivity index (χ1n) is 12.7. The molecule has 0 fully saturated rings. The largest absolute Gasteiger partial charge is 0.488 e. The molecule has 4 aromatic carbocycles. The number of methoxy groups -OCH3 is 1. The van der Waals surface area contributed by atoms with Gasteiger partial charge in [-0.15, -0.1) is 0 Å². The number of rotatable bonds is 8. The molecule has 5 nitrogen and oxygen atoms in total. The molecule has 1 aromatic heterocycles. The van der Waals surface area contributed by atoms with Crippen molar-refractivity contribution in [3.05, 3.63) is 120 Å². The van der Waals surface area contributed by atoms with E-state index in [1.54, 1.807) is 24.3 Å². The van der Waals surface area contributed by atoms with E-state index in [1.165, 1.54) is 19.2 Å². The number of aromatic nitrogens is 1. The fourth-order valence-corrected chi connectivity index (χ4v) is 4.91. The van der Waals surface area contributed by atoms with Gasteiger partial charge in [0, 0.05) is 22.4 Å². The van der Waals surface area contributed by atoms with Crippen LogP contribution in [0.25, 0.3) is 27.7 Å². The first kappa shape index (κ1) is 26.2.